The van der Waals surface area contributed by atoms with Gasteiger partial charge in [-0.05, 0) is 25.7 Å². The second-order valence-electron chi connectivity index (χ2n) is 8.30. The zero-order valence-electron chi connectivity index (χ0n) is 19.5. The summed E-state index contributed by atoms with van der Waals surface area (Å²) in [6, 6.07) is 3.07. The number of nitrogens with zero attached hydrogens (tertiary/aromatic N) is 3. The van der Waals surface area contributed by atoms with E-state index >= 15 is 0 Å². The van der Waals surface area contributed by atoms with E-state index in [0.29, 0.717) is 17.1 Å². The molecule has 1 unspecified atom stereocenters. The smallest absolute Gasteiger partial charge is 0.275 e. The summed E-state index contributed by atoms with van der Waals surface area (Å²) < 4.78 is 19.1. The van der Waals surface area contributed by atoms with E-state index in [1.54, 1.807) is 13.1 Å². The third-order valence-electron chi connectivity index (χ3n) is 5.58. The lowest BCUT2D eigenvalue weighted by Crippen LogP contribution is -2.20. The number of aromatic amines is 1. The number of fused-ring (bicyclic) bond motifs is 1. The van der Waals surface area contributed by atoms with E-state index in [9.17, 15) is 14.0 Å². The van der Waals surface area contributed by atoms with Crippen LogP contribution < -0.4 is 15.4 Å². The van der Waals surface area contributed by atoms with Gasteiger partial charge >= 0.3 is 0 Å². The molecule has 4 N–H and O–H groups in total. The SMILES string of the molecule is C1CCCC1.CC(F)COc1cc(C(=O)Nc2ccn[nH]2)n(C)n1.CO.O=CNC12CC1C2. The molecule has 2 aromatic heterocycles. The average Bonchev–Trinajstić information content (AvgIpc) is 3.33. The first-order chi connectivity index (χ1) is 15.9. The van der Waals surface area contributed by atoms with Gasteiger partial charge in [-0.2, -0.15) is 5.10 Å². The maximum atomic E-state index is 12.7. The van der Waals surface area contributed by atoms with Crippen molar-refractivity contribution in [3.8, 4) is 5.88 Å². The van der Waals surface area contributed by atoms with Crippen LogP contribution in [0.5, 0.6) is 5.88 Å². The van der Waals surface area contributed by atoms with Crippen LogP contribution in [-0.2, 0) is 11.8 Å². The van der Waals surface area contributed by atoms with Gasteiger partial charge in [-0.1, -0.05) is 32.1 Å². The number of alkyl halides is 1. The van der Waals surface area contributed by atoms with Crippen molar-refractivity contribution in [1.29, 1.82) is 0 Å². The average molecular weight is 467 g/mol. The molecule has 33 heavy (non-hydrogen) atoms. The zero-order chi connectivity index (χ0) is 24.3. The number of amides is 2. The van der Waals surface area contributed by atoms with Gasteiger partial charge in [0, 0.05) is 31.8 Å². The fraction of sp³-hybridized carbons (Fsp3) is 0.636. The van der Waals surface area contributed by atoms with Gasteiger partial charge < -0.3 is 20.5 Å². The Kier molecular flexibility index (Phi) is 10.3. The standard InChI is InChI=1S/C11H14FN5O2.C5H7NO.C5H10.CH4O/c1-7(12)6-19-10-5-8(17(2)16-10)11(18)14-9-3-4-13-15-9;7-3-6-5-1-4(5)2-5;1-2-4-5-3-1;1-2/h3-5,7H,6H2,1-2H3,(H2,13,14,15,18);3-4H,1-2H2,(H,6,7);1-5H2;2H,1H3. The lowest BCUT2D eigenvalue weighted by Gasteiger charge is -2.01. The number of H-pyrrole nitrogens is 1. The summed E-state index contributed by atoms with van der Waals surface area (Å²) in [6.45, 7) is 1.29. The van der Waals surface area contributed by atoms with Crippen molar-refractivity contribution < 1.29 is 23.8 Å². The highest BCUT2D eigenvalue weighted by molar-refractivity contribution is 6.02. The molecule has 10 nitrogen and oxygen atoms in total. The van der Waals surface area contributed by atoms with E-state index in [4.69, 9.17) is 9.84 Å². The summed E-state index contributed by atoms with van der Waals surface area (Å²) in [4.78, 5) is 21.7. The number of hydrogen-bond donors (Lipinski definition) is 4. The molecule has 3 fully saturated rings. The Labute approximate surface area is 193 Å². The number of rotatable bonds is 7. The molecule has 2 aromatic rings. The number of carbonyl (C=O) groups is 2. The molecular weight excluding hydrogens is 431 g/mol. The van der Waals surface area contributed by atoms with E-state index in [0.717, 1.165) is 19.4 Å². The molecule has 11 heteroatoms. The van der Waals surface area contributed by atoms with Crippen LogP contribution >= 0.6 is 0 Å². The second kappa shape index (κ2) is 12.9. The van der Waals surface area contributed by atoms with Crippen LogP contribution in [-0.4, -0.2) is 62.8 Å². The molecule has 0 saturated heterocycles. The van der Waals surface area contributed by atoms with E-state index in [1.807, 2.05) is 0 Å². The van der Waals surface area contributed by atoms with Crippen LogP contribution in [0, 0.1) is 5.92 Å². The largest absolute Gasteiger partial charge is 0.474 e. The van der Waals surface area contributed by atoms with Gasteiger partial charge in [-0.25, -0.2) is 4.39 Å². The van der Waals surface area contributed by atoms with Crippen molar-refractivity contribution in [2.45, 2.75) is 63.6 Å². The normalized spacial score (nSPS) is 21.9. The number of nitrogens with one attached hydrogen (secondary N) is 3. The number of hydrogen-bond acceptors (Lipinski definition) is 6. The molecule has 0 radical (unpaired) electrons. The van der Waals surface area contributed by atoms with Gasteiger partial charge in [-0.15, -0.1) is 5.10 Å². The minimum atomic E-state index is -1.09. The fourth-order valence-electron chi connectivity index (χ4n) is 3.37. The van der Waals surface area contributed by atoms with Crippen molar-refractivity contribution in [1.82, 2.24) is 25.3 Å². The van der Waals surface area contributed by atoms with Crippen molar-refractivity contribution >= 4 is 18.1 Å². The van der Waals surface area contributed by atoms with E-state index < -0.39 is 6.17 Å². The van der Waals surface area contributed by atoms with E-state index in [-0.39, 0.29) is 18.4 Å². The Bertz CT molecular complexity index is 838. The predicted molar refractivity (Wildman–Crippen MR) is 122 cm³/mol. The summed E-state index contributed by atoms with van der Waals surface area (Å²) in [6.07, 6.45) is 11.2. The predicted octanol–water partition coefficient (Wildman–Crippen LogP) is 2.59. The number of aliphatic hydroxyl groups is 1. The summed E-state index contributed by atoms with van der Waals surface area (Å²) in [5, 5.41) is 22.7. The van der Waals surface area contributed by atoms with Crippen LogP contribution in [0.2, 0.25) is 0 Å². The fourth-order valence-corrected chi connectivity index (χ4v) is 3.37. The van der Waals surface area contributed by atoms with Gasteiger partial charge in [0.2, 0.25) is 12.3 Å². The van der Waals surface area contributed by atoms with E-state index in [1.165, 1.54) is 68.8 Å². The second-order valence-corrected chi connectivity index (χ2v) is 8.30. The molecule has 3 saturated carbocycles. The van der Waals surface area contributed by atoms with Gasteiger partial charge in [-0.3, -0.25) is 19.4 Å². The summed E-state index contributed by atoms with van der Waals surface area (Å²) in [5.74, 6) is 1.20. The minimum Gasteiger partial charge on any atom is -0.474 e. The van der Waals surface area contributed by atoms with Gasteiger partial charge in [0.15, 0.2) is 0 Å². The van der Waals surface area contributed by atoms with Crippen LogP contribution in [0.4, 0.5) is 10.2 Å². The lowest BCUT2D eigenvalue weighted by atomic mass is 10.4. The first-order valence-corrected chi connectivity index (χ1v) is 11.2. The highest BCUT2D eigenvalue weighted by Gasteiger charge is 2.69. The number of aryl methyl sites for hydroxylation is 1. The van der Waals surface area contributed by atoms with Crippen LogP contribution in [0.15, 0.2) is 18.3 Å². The zero-order valence-corrected chi connectivity index (χ0v) is 19.5. The van der Waals surface area contributed by atoms with Crippen molar-refractivity contribution in [3.05, 3.63) is 24.0 Å². The van der Waals surface area contributed by atoms with Crippen LogP contribution in [0.1, 0.15) is 62.4 Å². The minimum absolute atomic E-state index is 0.0986. The molecule has 0 spiro atoms. The molecule has 5 rings (SSSR count). The Morgan fingerprint density at radius 1 is 1.36 bits per heavy atom. The number of ether oxygens (including phenoxy) is 1. The summed E-state index contributed by atoms with van der Waals surface area (Å²) in [7, 11) is 2.60. The highest BCUT2D eigenvalue weighted by atomic mass is 19.1. The molecule has 2 amide bonds. The molecule has 2 heterocycles. The molecular formula is C22H35FN6O4. The van der Waals surface area contributed by atoms with Crippen molar-refractivity contribution in [2.75, 3.05) is 19.0 Å². The lowest BCUT2D eigenvalue weighted by molar-refractivity contribution is -0.110. The van der Waals surface area contributed by atoms with E-state index in [2.05, 4.69) is 25.9 Å². The topological polar surface area (TPSA) is 134 Å². The maximum Gasteiger partial charge on any atom is 0.275 e. The maximum absolute atomic E-state index is 12.7. The third kappa shape index (κ3) is 8.49. The van der Waals surface area contributed by atoms with Crippen LogP contribution in [0.3, 0.4) is 0 Å². The molecule has 3 aliphatic carbocycles. The molecule has 0 bridgehead atoms. The van der Waals surface area contributed by atoms with Gasteiger partial charge in [0.25, 0.3) is 5.91 Å². The highest BCUT2D eigenvalue weighted by Crippen LogP contribution is 2.66. The first-order valence-electron chi connectivity index (χ1n) is 11.2. The number of anilines is 1. The monoisotopic (exact) mass is 466 g/mol. The first kappa shape index (κ1) is 26.3. The number of halogens is 1. The van der Waals surface area contributed by atoms with Crippen LogP contribution in [0.25, 0.3) is 0 Å². The van der Waals surface area contributed by atoms with Gasteiger partial charge in [0.1, 0.15) is 24.3 Å². The molecule has 184 valence electrons. The Morgan fingerprint density at radius 3 is 2.39 bits per heavy atom. The quantitative estimate of drug-likeness (QED) is 0.464. The molecule has 0 aliphatic heterocycles. The summed E-state index contributed by atoms with van der Waals surface area (Å²) >= 11 is 0. The Balaban J connectivity index is 0.000000221. The molecule has 0 aromatic carbocycles. The Morgan fingerprint density at radius 2 is 1.97 bits per heavy atom. The molecule has 1 atom stereocenters. The van der Waals surface area contributed by atoms with Crippen molar-refractivity contribution in [3.63, 3.8) is 0 Å². The van der Waals surface area contributed by atoms with Gasteiger partial charge in [0.05, 0.1) is 6.20 Å². The number of carbonyl (C=O) groups excluding carboxylic acids is 2. The number of aliphatic hydroxyl groups excluding tert-OH is 1. The number of aromatic nitrogens is 4. The third-order valence-corrected chi connectivity index (χ3v) is 5.58. The molecule has 3 aliphatic rings. The summed E-state index contributed by atoms with van der Waals surface area (Å²) in [5.41, 5.74) is 0.651. The van der Waals surface area contributed by atoms with Crippen molar-refractivity contribution in [2.24, 2.45) is 13.0 Å². The Hall–Kier alpha value is -2.95.